The predicted molar refractivity (Wildman–Crippen MR) is 105 cm³/mol. The Labute approximate surface area is 155 Å². The molecule has 0 aliphatic carbocycles. The predicted octanol–water partition coefficient (Wildman–Crippen LogP) is 2.50. The molecule has 1 heterocycles. The second-order valence-electron chi connectivity index (χ2n) is 6.54. The molecule has 1 amide bonds. The van der Waals surface area contributed by atoms with Gasteiger partial charge in [0.2, 0.25) is 5.91 Å². The molecule has 2 aromatic rings. The van der Waals surface area contributed by atoms with Crippen LogP contribution in [0.4, 0.5) is 0 Å². The Morgan fingerprint density at radius 1 is 1.12 bits per heavy atom. The second-order valence-corrected chi connectivity index (χ2v) is 6.54. The molecule has 0 aromatic heterocycles. The van der Waals surface area contributed by atoms with Gasteiger partial charge in [0.1, 0.15) is 0 Å². The van der Waals surface area contributed by atoms with E-state index >= 15 is 0 Å². The summed E-state index contributed by atoms with van der Waals surface area (Å²) in [7, 11) is 1.72. The van der Waals surface area contributed by atoms with Crippen LogP contribution in [-0.4, -0.2) is 36.9 Å². The summed E-state index contributed by atoms with van der Waals surface area (Å²) >= 11 is 0. The molecule has 0 bridgehead atoms. The molecule has 2 aromatic carbocycles. The standard InChI is InChI=1S/C21H26N4O/c1-16(17-8-4-3-5-9-17)24-21(22-2)23-14-20(26)25-13-12-18-10-6-7-11-19(18)15-25/h3-11,16H,12-15H2,1-2H3,(H2,22,23,24). The van der Waals surface area contributed by atoms with Crippen molar-refractivity contribution in [3.8, 4) is 0 Å². The normalized spacial score (nSPS) is 15.2. The number of aliphatic imine (C=N–C) groups is 1. The molecule has 0 fully saturated rings. The Bertz CT molecular complexity index is 773. The zero-order valence-corrected chi connectivity index (χ0v) is 15.4. The van der Waals surface area contributed by atoms with Gasteiger partial charge in [-0.25, -0.2) is 0 Å². The molecule has 136 valence electrons. The van der Waals surface area contributed by atoms with Crippen LogP contribution in [0, 0.1) is 0 Å². The van der Waals surface area contributed by atoms with Gasteiger partial charge >= 0.3 is 0 Å². The van der Waals surface area contributed by atoms with Crippen molar-refractivity contribution in [3.05, 3.63) is 71.3 Å². The number of benzene rings is 2. The fraction of sp³-hybridized carbons (Fsp3) is 0.333. The number of amides is 1. The smallest absolute Gasteiger partial charge is 0.242 e. The molecule has 5 nitrogen and oxygen atoms in total. The topological polar surface area (TPSA) is 56.7 Å². The SMILES string of the molecule is CN=C(NCC(=O)N1CCc2ccccc2C1)NC(C)c1ccccc1. The van der Waals surface area contributed by atoms with E-state index in [1.807, 2.05) is 29.2 Å². The quantitative estimate of drug-likeness (QED) is 0.658. The van der Waals surface area contributed by atoms with E-state index in [9.17, 15) is 4.79 Å². The molecular formula is C21H26N4O. The summed E-state index contributed by atoms with van der Waals surface area (Å²) in [4.78, 5) is 18.7. The Morgan fingerprint density at radius 3 is 2.54 bits per heavy atom. The molecule has 1 aliphatic heterocycles. The molecule has 1 unspecified atom stereocenters. The number of hydrogen-bond donors (Lipinski definition) is 2. The molecule has 1 atom stereocenters. The van der Waals surface area contributed by atoms with Gasteiger partial charge in [-0.3, -0.25) is 9.79 Å². The van der Waals surface area contributed by atoms with Crippen molar-refractivity contribution in [3.63, 3.8) is 0 Å². The minimum atomic E-state index is 0.0924. The van der Waals surface area contributed by atoms with Gasteiger partial charge in [-0.1, -0.05) is 54.6 Å². The van der Waals surface area contributed by atoms with Crippen LogP contribution in [0.15, 0.2) is 59.6 Å². The first-order valence-corrected chi connectivity index (χ1v) is 9.04. The number of hydrogen-bond acceptors (Lipinski definition) is 2. The average Bonchev–Trinajstić information content (AvgIpc) is 2.70. The maximum absolute atomic E-state index is 12.6. The molecule has 0 spiro atoms. The van der Waals surface area contributed by atoms with Crippen molar-refractivity contribution in [1.82, 2.24) is 15.5 Å². The lowest BCUT2D eigenvalue weighted by Gasteiger charge is -2.29. The lowest BCUT2D eigenvalue weighted by atomic mass is 10.00. The summed E-state index contributed by atoms with van der Waals surface area (Å²) in [5.74, 6) is 0.724. The first-order chi connectivity index (χ1) is 12.7. The number of guanidine groups is 1. The molecule has 26 heavy (non-hydrogen) atoms. The van der Waals surface area contributed by atoms with Gasteiger partial charge in [0.15, 0.2) is 5.96 Å². The molecule has 1 aliphatic rings. The minimum absolute atomic E-state index is 0.0924. The van der Waals surface area contributed by atoms with E-state index in [-0.39, 0.29) is 18.5 Å². The summed E-state index contributed by atoms with van der Waals surface area (Å²) in [6, 6.07) is 18.6. The maximum atomic E-state index is 12.6. The summed E-state index contributed by atoms with van der Waals surface area (Å²) in [6.45, 7) is 3.77. The zero-order chi connectivity index (χ0) is 18.4. The van der Waals surface area contributed by atoms with E-state index in [1.165, 1.54) is 16.7 Å². The Morgan fingerprint density at radius 2 is 1.81 bits per heavy atom. The fourth-order valence-corrected chi connectivity index (χ4v) is 3.20. The summed E-state index contributed by atoms with van der Waals surface area (Å²) in [5, 5.41) is 6.46. The van der Waals surface area contributed by atoms with Gasteiger partial charge in [-0.05, 0) is 30.0 Å². The average molecular weight is 350 g/mol. The third-order valence-corrected chi connectivity index (χ3v) is 4.77. The van der Waals surface area contributed by atoms with Crippen LogP contribution in [0.25, 0.3) is 0 Å². The highest BCUT2D eigenvalue weighted by molar-refractivity contribution is 5.86. The van der Waals surface area contributed by atoms with Gasteiger partial charge < -0.3 is 15.5 Å². The van der Waals surface area contributed by atoms with E-state index in [1.54, 1.807) is 7.05 Å². The summed E-state index contributed by atoms with van der Waals surface area (Å²) < 4.78 is 0. The van der Waals surface area contributed by atoms with E-state index in [0.717, 1.165) is 13.0 Å². The van der Waals surface area contributed by atoms with Crippen molar-refractivity contribution in [1.29, 1.82) is 0 Å². The maximum Gasteiger partial charge on any atom is 0.242 e. The Balaban J connectivity index is 1.52. The first kappa shape index (κ1) is 18.0. The third-order valence-electron chi connectivity index (χ3n) is 4.77. The van der Waals surface area contributed by atoms with Crippen LogP contribution in [0.1, 0.15) is 29.7 Å². The van der Waals surface area contributed by atoms with Crippen LogP contribution >= 0.6 is 0 Å². The summed E-state index contributed by atoms with van der Waals surface area (Å²) in [5.41, 5.74) is 3.76. The van der Waals surface area contributed by atoms with Gasteiger partial charge in [0.25, 0.3) is 0 Å². The van der Waals surface area contributed by atoms with E-state index in [0.29, 0.717) is 12.5 Å². The fourth-order valence-electron chi connectivity index (χ4n) is 3.20. The van der Waals surface area contributed by atoms with Crippen molar-refractivity contribution in [2.24, 2.45) is 4.99 Å². The Hall–Kier alpha value is -2.82. The Kier molecular flexibility index (Phi) is 5.89. The van der Waals surface area contributed by atoms with Crippen molar-refractivity contribution < 1.29 is 4.79 Å². The highest BCUT2D eigenvalue weighted by Crippen LogP contribution is 2.18. The highest BCUT2D eigenvalue weighted by atomic mass is 16.2. The number of carbonyl (C=O) groups excluding carboxylic acids is 1. The number of nitrogens with zero attached hydrogens (tertiary/aromatic N) is 2. The number of rotatable bonds is 4. The lowest BCUT2D eigenvalue weighted by molar-refractivity contribution is -0.130. The zero-order valence-electron chi connectivity index (χ0n) is 15.4. The molecule has 3 rings (SSSR count). The van der Waals surface area contributed by atoms with Crippen molar-refractivity contribution >= 4 is 11.9 Å². The van der Waals surface area contributed by atoms with Gasteiger partial charge in [0, 0.05) is 20.1 Å². The van der Waals surface area contributed by atoms with Crippen LogP contribution < -0.4 is 10.6 Å². The minimum Gasteiger partial charge on any atom is -0.350 e. The monoisotopic (exact) mass is 350 g/mol. The van der Waals surface area contributed by atoms with Crippen LogP contribution in [0.5, 0.6) is 0 Å². The largest absolute Gasteiger partial charge is 0.350 e. The van der Waals surface area contributed by atoms with Crippen LogP contribution in [0.3, 0.4) is 0 Å². The number of carbonyl (C=O) groups is 1. The molecule has 0 saturated carbocycles. The third kappa shape index (κ3) is 4.42. The van der Waals surface area contributed by atoms with Crippen LogP contribution in [0.2, 0.25) is 0 Å². The van der Waals surface area contributed by atoms with E-state index < -0.39 is 0 Å². The lowest BCUT2D eigenvalue weighted by Crippen LogP contribution is -2.46. The molecule has 5 heteroatoms. The van der Waals surface area contributed by atoms with Gasteiger partial charge in [-0.15, -0.1) is 0 Å². The second kappa shape index (κ2) is 8.52. The van der Waals surface area contributed by atoms with E-state index in [2.05, 4.69) is 52.9 Å². The molecule has 2 N–H and O–H groups in total. The highest BCUT2D eigenvalue weighted by Gasteiger charge is 2.20. The molecular weight excluding hydrogens is 324 g/mol. The van der Waals surface area contributed by atoms with Gasteiger partial charge in [0.05, 0.1) is 12.6 Å². The summed E-state index contributed by atoms with van der Waals surface area (Å²) in [6.07, 6.45) is 0.917. The van der Waals surface area contributed by atoms with Crippen molar-refractivity contribution in [2.75, 3.05) is 20.1 Å². The van der Waals surface area contributed by atoms with Crippen molar-refractivity contribution in [2.45, 2.75) is 25.9 Å². The van der Waals surface area contributed by atoms with E-state index in [4.69, 9.17) is 0 Å². The molecule has 0 radical (unpaired) electrons. The number of fused-ring (bicyclic) bond motifs is 1. The molecule has 0 saturated heterocycles. The first-order valence-electron chi connectivity index (χ1n) is 9.04. The van der Waals surface area contributed by atoms with Gasteiger partial charge in [-0.2, -0.15) is 0 Å². The number of nitrogens with one attached hydrogen (secondary N) is 2. The van der Waals surface area contributed by atoms with Crippen LogP contribution in [-0.2, 0) is 17.8 Å².